The standard InChI is InChI=1S/C14H21BN2O3.C11H9NO4.2C2H6/c1-4-5-8-14(2,13(19)20-3)17-12(18)11-7-6-9-15(11)10-16;1-16-6-2-3-7-8(4-6)12-9(11(14)15)5-10(7)13;2*1-2/h4,11H,1,5-9H2,2-3H3,(H,17,18);2-5H,1H3,(H,12,13)(H,14,15);2*1-2H3. The summed E-state index contributed by atoms with van der Waals surface area (Å²) in [5.74, 6) is 0.540. The lowest BCUT2D eigenvalue weighted by molar-refractivity contribution is -0.150. The largest absolute Gasteiger partial charge is 0.497 e. The number of ether oxygens (including phenoxy) is 2. The number of rotatable bonds is 8. The summed E-state index contributed by atoms with van der Waals surface area (Å²) >= 11 is 0. The molecule has 1 aliphatic rings. The Morgan fingerprint density at radius 1 is 1.25 bits per heavy atom. The molecule has 1 aromatic heterocycles. The zero-order chi connectivity index (χ0) is 30.9. The van der Waals surface area contributed by atoms with E-state index in [0.29, 0.717) is 35.9 Å². The number of benzene rings is 1. The number of carboxylic acid groups (broad SMARTS) is 1. The van der Waals surface area contributed by atoms with Crippen molar-refractivity contribution in [3.63, 3.8) is 0 Å². The van der Waals surface area contributed by atoms with Gasteiger partial charge in [-0.3, -0.25) is 9.59 Å². The number of H-pyrrole nitrogens is 1. The maximum Gasteiger partial charge on any atom is 0.352 e. The SMILES string of the molecule is C=CCCC(C)(NC(=O)C1CCCB1C#N)C(=O)OC.CC.CC.COc1ccc2c(=O)cc(C(=O)O)[nH]c2c1. The van der Waals surface area contributed by atoms with Crippen molar-refractivity contribution in [1.82, 2.24) is 10.3 Å². The lowest BCUT2D eigenvalue weighted by atomic mass is 9.44. The minimum Gasteiger partial charge on any atom is -0.497 e. The summed E-state index contributed by atoms with van der Waals surface area (Å²) in [4.78, 5) is 49.2. The molecule has 2 aromatic rings. The number of pyridine rings is 1. The molecule has 1 amide bonds. The van der Waals surface area contributed by atoms with Gasteiger partial charge in [0.05, 0.1) is 19.7 Å². The molecule has 3 N–H and O–H groups in total. The van der Waals surface area contributed by atoms with Crippen molar-refractivity contribution >= 4 is 35.5 Å². The van der Waals surface area contributed by atoms with E-state index in [1.54, 1.807) is 31.2 Å². The molecule has 1 aromatic carbocycles. The fourth-order valence-electron chi connectivity index (χ4n) is 4.10. The number of aromatic nitrogens is 1. The Morgan fingerprint density at radius 3 is 2.42 bits per heavy atom. The fourth-order valence-corrected chi connectivity index (χ4v) is 4.10. The molecular formula is C29H42BN3O7. The Kier molecular flexibility index (Phi) is 16.4. The highest BCUT2D eigenvalue weighted by Crippen LogP contribution is 2.31. The van der Waals surface area contributed by atoms with E-state index in [9.17, 15) is 19.2 Å². The Labute approximate surface area is 236 Å². The van der Waals surface area contributed by atoms with Gasteiger partial charge in [0.2, 0.25) is 5.91 Å². The zero-order valence-corrected chi connectivity index (χ0v) is 24.6. The molecule has 0 saturated carbocycles. The van der Waals surface area contributed by atoms with Gasteiger partial charge >= 0.3 is 11.9 Å². The number of methoxy groups -OCH3 is 2. The first kappa shape index (κ1) is 35.9. The molecule has 0 bridgehead atoms. The smallest absolute Gasteiger partial charge is 0.352 e. The number of nitrogens with one attached hydrogen (secondary N) is 2. The Hall–Kier alpha value is -4.07. The second-order valence-electron chi connectivity index (χ2n) is 8.68. The van der Waals surface area contributed by atoms with Crippen LogP contribution in [0.15, 0.2) is 41.7 Å². The third-order valence-electron chi connectivity index (χ3n) is 6.17. The van der Waals surface area contributed by atoms with Gasteiger partial charge in [-0.05, 0) is 38.3 Å². The molecule has 40 heavy (non-hydrogen) atoms. The number of nitrogens with zero attached hydrogens (tertiary/aromatic N) is 1. The number of carbonyl (C=O) groups excluding carboxylic acids is 2. The van der Waals surface area contributed by atoms with Gasteiger partial charge in [0, 0.05) is 29.3 Å². The molecule has 3 rings (SSSR count). The van der Waals surface area contributed by atoms with Gasteiger partial charge in [-0.25, -0.2) is 14.9 Å². The number of hydrogen-bond donors (Lipinski definition) is 3. The van der Waals surface area contributed by atoms with E-state index in [1.807, 2.05) is 27.7 Å². The van der Waals surface area contributed by atoms with Gasteiger partial charge < -0.3 is 24.9 Å². The van der Waals surface area contributed by atoms with E-state index >= 15 is 0 Å². The number of esters is 1. The number of nitriles is 1. The second-order valence-corrected chi connectivity index (χ2v) is 8.68. The van der Waals surface area contributed by atoms with Crippen LogP contribution in [0, 0.1) is 11.2 Å². The van der Waals surface area contributed by atoms with Crippen molar-refractivity contribution < 1.29 is 29.0 Å². The first-order valence-electron chi connectivity index (χ1n) is 13.5. The van der Waals surface area contributed by atoms with Crippen molar-refractivity contribution in [2.45, 2.75) is 78.0 Å². The van der Waals surface area contributed by atoms with Crippen LogP contribution in [0.2, 0.25) is 12.1 Å². The molecule has 0 radical (unpaired) electrons. The number of carbonyl (C=O) groups is 3. The van der Waals surface area contributed by atoms with Crippen molar-refractivity contribution in [2.75, 3.05) is 14.2 Å². The lowest BCUT2D eigenvalue weighted by Crippen LogP contribution is -2.54. The van der Waals surface area contributed by atoms with Crippen LogP contribution >= 0.6 is 0 Å². The summed E-state index contributed by atoms with van der Waals surface area (Å²) in [5, 5.41) is 21.0. The van der Waals surface area contributed by atoms with E-state index in [-0.39, 0.29) is 29.6 Å². The van der Waals surface area contributed by atoms with Crippen LogP contribution in [0.5, 0.6) is 5.75 Å². The predicted molar refractivity (Wildman–Crippen MR) is 158 cm³/mol. The molecule has 0 spiro atoms. The van der Waals surface area contributed by atoms with Crippen molar-refractivity contribution in [3.8, 4) is 11.7 Å². The van der Waals surface area contributed by atoms with Crippen molar-refractivity contribution in [3.05, 3.63) is 52.8 Å². The summed E-state index contributed by atoms with van der Waals surface area (Å²) in [6, 6.07) is 5.90. The topological polar surface area (TPSA) is 159 Å². The number of aromatic carboxylic acids is 1. The van der Waals surface area contributed by atoms with E-state index in [0.717, 1.165) is 18.8 Å². The Morgan fingerprint density at radius 2 is 1.90 bits per heavy atom. The maximum atomic E-state index is 12.3. The molecule has 0 aliphatic carbocycles. The molecule has 2 unspecified atom stereocenters. The van der Waals surface area contributed by atoms with E-state index < -0.39 is 17.5 Å². The van der Waals surface area contributed by atoms with Crippen LogP contribution in [0.25, 0.3) is 10.9 Å². The Balaban J connectivity index is 0.000000687. The molecule has 11 heteroatoms. The molecular weight excluding hydrogens is 513 g/mol. The van der Waals surface area contributed by atoms with Crippen LogP contribution in [-0.4, -0.2) is 54.4 Å². The van der Waals surface area contributed by atoms with Gasteiger partial charge in [0.15, 0.2) is 5.43 Å². The summed E-state index contributed by atoms with van der Waals surface area (Å²) in [5.41, 5.74) is -1.08. The number of allylic oxidation sites excluding steroid dienone is 1. The summed E-state index contributed by atoms with van der Waals surface area (Å²) in [6.07, 6.45) is 5.04. The maximum absolute atomic E-state index is 12.3. The third kappa shape index (κ3) is 9.91. The predicted octanol–water partition coefficient (Wildman–Crippen LogP) is 5.01. The van der Waals surface area contributed by atoms with Crippen molar-refractivity contribution in [1.29, 1.82) is 5.26 Å². The minimum absolute atomic E-state index is 0.134. The van der Waals surface area contributed by atoms with Crippen LogP contribution in [0.1, 0.15) is 70.8 Å². The van der Waals surface area contributed by atoms with Gasteiger partial charge in [-0.2, -0.15) is 0 Å². The highest BCUT2D eigenvalue weighted by atomic mass is 16.5. The average molecular weight is 555 g/mol. The monoisotopic (exact) mass is 555 g/mol. The molecule has 1 saturated heterocycles. The van der Waals surface area contributed by atoms with Gasteiger partial charge in [0.25, 0.3) is 6.71 Å². The molecule has 1 fully saturated rings. The van der Waals surface area contributed by atoms with Crippen LogP contribution in [0.4, 0.5) is 0 Å². The fraction of sp³-hybridized carbons (Fsp3) is 0.483. The third-order valence-corrected chi connectivity index (χ3v) is 6.17. The number of amides is 1. The van der Waals surface area contributed by atoms with Crippen LogP contribution < -0.4 is 15.5 Å². The first-order chi connectivity index (χ1) is 19.1. The van der Waals surface area contributed by atoms with Gasteiger partial charge in [-0.15, -0.1) is 6.58 Å². The molecule has 218 valence electrons. The number of hydrogen-bond acceptors (Lipinski definition) is 7. The molecule has 2 heterocycles. The van der Waals surface area contributed by atoms with E-state index in [1.165, 1.54) is 14.2 Å². The van der Waals surface area contributed by atoms with E-state index in [2.05, 4.69) is 22.8 Å². The second kappa shape index (κ2) is 18.3. The van der Waals surface area contributed by atoms with Crippen molar-refractivity contribution in [2.24, 2.45) is 0 Å². The summed E-state index contributed by atoms with van der Waals surface area (Å²) in [7, 11) is 2.80. The van der Waals surface area contributed by atoms with Crippen LogP contribution in [0.3, 0.4) is 0 Å². The Bertz CT molecular complexity index is 1240. The molecule has 10 nitrogen and oxygen atoms in total. The van der Waals surface area contributed by atoms with Gasteiger partial charge in [0.1, 0.15) is 17.0 Å². The zero-order valence-electron chi connectivity index (χ0n) is 24.6. The van der Waals surface area contributed by atoms with E-state index in [4.69, 9.17) is 19.8 Å². The molecule has 2 atom stereocenters. The summed E-state index contributed by atoms with van der Waals surface area (Å²) in [6.45, 7) is 13.0. The normalized spacial score (nSPS) is 14.8. The highest BCUT2D eigenvalue weighted by Gasteiger charge is 2.42. The minimum atomic E-state index is -1.16. The summed E-state index contributed by atoms with van der Waals surface area (Å²) < 4.78 is 9.77. The quantitative estimate of drug-likeness (QED) is 0.233. The number of carboxylic acids is 1. The average Bonchev–Trinajstić information content (AvgIpc) is 3.47. The van der Waals surface area contributed by atoms with Gasteiger partial charge in [-0.1, -0.05) is 46.5 Å². The lowest BCUT2D eigenvalue weighted by Gasteiger charge is -2.29. The number of aromatic amines is 1. The highest BCUT2D eigenvalue weighted by molar-refractivity contribution is 6.72. The molecule has 1 aliphatic heterocycles. The first-order valence-corrected chi connectivity index (χ1v) is 13.5. The number of fused-ring (bicyclic) bond motifs is 1. The van der Waals surface area contributed by atoms with Crippen LogP contribution in [-0.2, 0) is 14.3 Å².